The molecule has 0 saturated carbocycles. The van der Waals surface area contributed by atoms with Gasteiger partial charge in [0.25, 0.3) is 0 Å². The highest BCUT2D eigenvalue weighted by Gasteiger charge is 2.26. The molecule has 5 heteroatoms. The van der Waals surface area contributed by atoms with E-state index in [-0.39, 0.29) is 12.5 Å². The zero-order chi connectivity index (χ0) is 25.3. The number of rotatable bonds is 23. The van der Waals surface area contributed by atoms with E-state index in [2.05, 4.69) is 55.6 Å². The number of aliphatic hydroxyl groups is 3. The van der Waals surface area contributed by atoms with Crippen LogP contribution < -0.4 is 5.32 Å². The van der Waals surface area contributed by atoms with Crippen LogP contribution in [0.25, 0.3) is 0 Å². The second-order valence-corrected chi connectivity index (χ2v) is 9.22. The van der Waals surface area contributed by atoms with E-state index < -0.39 is 18.2 Å². The third kappa shape index (κ3) is 20.0. The molecule has 0 aromatic carbocycles. The van der Waals surface area contributed by atoms with Crippen molar-refractivity contribution >= 4 is 5.91 Å². The minimum atomic E-state index is -1.17. The summed E-state index contributed by atoms with van der Waals surface area (Å²) in [7, 11) is 0. The number of unbranched alkanes of at least 4 members (excludes halogenated alkanes) is 9. The summed E-state index contributed by atoms with van der Waals surface area (Å²) in [6, 6.07) is -0.832. The lowest BCUT2D eigenvalue weighted by Crippen LogP contribution is -2.50. The zero-order valence-electron chi connectivity index (χ0n) is 22.0. The summed E-state index contributed by atoms with van der Waals surface area (Å²) in [6.45, 7) is 3.98. The van der Waals surface area contributed by atoms with Crippen LogP contribution in [-0.4, -0.2) is 46.1 Å². The van der Waals surface area contributed by atoms with Crippen molar-refractivity contribution in [2.45, 2.75) is 135 Å². The van der Waals surface area contributed by atoms with Crippen molar-refractivity contribution in [2.24, 2.45) is 0 Å². The molecule has 0 aromatic rings. The highest BCUT2D eigenvalue weighted by molar-refractivity contribution is 5.76. The molecule has 0 fully saturated rings. The molecule has 0 spiro atoms. The molecule has 0 aliphatic rings. The first-order chi connectivity index (χ1) is 16.6. The molecule has 3 unspecified atom stereocenters. The van der Waals surface area contributed by atoms with Gasteiger partial charge in [-0.05, 0) is 64.2 Å². The molecule has 198 valence electrons. The van der Waals surface area contributed by atoms with Gasteiger partial charge in [-0.3, -0.25) is 4.79 Å². The Kier molecular flexibility index (Phi) is 23.6. The van der Waals surface area contributed by atoms with Crippen LogP contribution in [0, 0.1) is 0 Å². The number of hydrogen-bond donors (Lipinski definition) is 4. The summed E-state index contributed by atoms with van der Waals surface area (Å²) in [5.41, 5.74) is 0. The second-order valence-electron chi connectivity index (χ2n) is 9.22. The van der Waals surface area contributed by atoms with Crippen LogP contribution in [0.15, 0.2) is 36.5 Å². The Morgan fingerprint density at radius 1 is 0.706 bits per heavy atom. The monoisotopic (exact) mass is 479 g/mol. The van der Waals surface area contributed by atoms with Crippen LogP contribution >= 0.6 is 0 Å². The molecule has 34 heavy (non-hydrogen) atoms. The fourth-order valence-electron chi connectivity index (χ4n) is 3.69. The smallest absolute Gasteiger partial charge is 0.220 e. The predicted octanol–water partition coefficient (Wildman–Crippen LogP) is 6.14. The van der Waals surface area contributed by atoms with Crippen molar-refractivity contribution in [3.05, 3.63) is 36.5 Å². The summed E-state index contributed by atoms with van der Waals surface area (Å²) >= 11 is 0. The lowest BCUT2D eigenvalue weighted by atomic mass is 10.0. The fraction of sp³-hybridized carbons (Fsp3) is 0.759. The number of allylic oxidation sites excluding steroid dienone is 6. The number of carbonyl (C=O) groups is 1. The molecule has 5 nitrogen and oxygen atoms in total. The minimum Gasteiger partial charge on any atom is -0.394 e. The average molecular weight is 480 g/mol. The second kappa shape index (κ2) is 24.7. The van der Waals surface area contributed by atoms with Crippen LogP contribution in [0.3, 0.4) is 0 Å². The Morgan fingerprint density at radius 3 is 1.88 bits per heavy atom. The first-order valence-corrected chi connectivity index (χ1v) is 13.8. The molecule has 0 rings (SSSR count). The largest absolute Gasteiger partial charge is 0.394 e. The van der Waals surface area contributed by atoms with E-state index in [1.165, 1.54) is 19.3 Å². The normalized spacial score (nSPS) is 14.9. The number of nitrogens with one attached hydrogen (secondary N) is 1. The van der Waals surface area contributed by atoms with Crippen LogP contribution in [0.2, 0.25) is 0 Å². The van der Waals surface area contributed by atoms with Crippen LogP contribution in [-0.2, 0) is 4.79 Å². The minimum absolute atomic E-state index is 0.180. The number of hydrogen-bond acceptors (Lipinski definition) is 4. The van der Waals surface area contributed by atoms with Gasteiger partial charge in [-0.1, -0.05) is 82.4 Å². The molecular formula is C29H53NO4. The third-order valence-electron chi connectivity index (χ3n) is 5.92. The maximum Gasteiger partial charge on any atom is 0.220 e. The number of carbonyl (C=O) groups excluding carboxylic acids is 1. The van der Waals surface area contributed by atoms with Crippen molar-refractivity contribution in [1.29, 1.82) is 0 Å². The third-order valence-corrected chi connectivity index (χ3v) is 5.92. The van der Waals surface area contributed by atoms with Crippen molar-refractivity contribution in [2.75, 3.05) is 6.61 Å². The molecule has 0 aliphatic heterocycles. The van der Waals surface area contributed by atoms with Gasteiger partial charge >= 0.3 is 0 Å². The first kappa shape index (κ1) is 32.6. The maximum absolute atomic E-state index is 12.2. The van der Waals surface area contributed by atoms with Gasteiger partial charge in [-0.15, -0.1) is 0 Å². The quantitative estimate of drug-likeness (QED) is 0.105. The highest BCUT2D eigenvalue weighted by Crippen LogP contribution is 2.11. The van der Waals surface area contributed by atoms with Gasteiger partial charge in [0.15, 0.2) is 0 Å². The van der Waals surface area contributed by atoms with Gasteiger partial charge in [-0.2, -0.15) is 0 Å². The molecular weight excluding hydrogens is 426 g/mol. The maximum atomic E-state index is 12.2. The van der Waals surface area contributed by atoms with Gasteiger partial charge in [0.1, 0.15) is 6.10 Å². The van der Waals surface area contributed by atoms with Gasteiger partial charge in [0, 0.05) is 6.42 Å². The van der Waals surface area contributed by atoms with Gasteiger partial charge < -0.3 is 20.6 Å². The van der Waals surface area contributed by atoms with Crippen LogP contribution in [0.5, 0.6) is 0 Å². The Bertz CT molecular complexity index is 544. The number of aliphatic hydroxyl groups excluding tert-OH is 3. The molecule has 1 amide bonds. The zero-order valence-corrected chi connectivity index (χ0v) is 22.0. The molecule has 0 bridgehead atoms. The predicted molar refractivity (Wildman–Crippen MR) is 144 cm³/mol. The summed E-state index contributed by atoms with van der Waals surface area (Å²) in [5.74, 6) is -0.180. The van der Waals surface area contributed by atoms with E-state index in [1.54, 1.807) is 0 Å². The molecule has 3 atom stereocenters. The molecule has 0 radical (unpaired) electrons. The molecule has 0 aromatic heterocycles. The molecule has 4 N–H and O–H groups in total. The van der Waals surface area contributed by atoms with Gasteiger partial charge in [-0.25, -0.2) is 0 Å². The summed E-state index contributed by atoms with van der Waals surface area (Å²) in [4.78, 5) is 12.2. The Labute approximate surface area is 209 Å². The van der Waals surface area contributed by atoms with Crippen molar-refractivity contribution < 1.29 is 20.1 Å². The van der Waals surface area contributed by atoms with Crippen LogP contribution in [0.1, 0.15) is 117 Å². The average Bonchev–Trinajstić information content (AvgIpc) is 2.84. The van der Waals surface area contributed by atoms with Crippen molar-refractivity contribution in [3.63, 3.8) is 0 Å². The standard InChI is InChI=1S/C29H53NO4/c1-3-5-7-9-11-13-15-17-19-21-23-27(32)29(34)26(25-31)30-28(33)24-22-20-18-16-14-12-10-8-6-4-2/h7,9-10,12,15,17,26-27,29,31-32,34H,3-6,8,11,13-14,16,18-25H2,1-2H3,(H,30,33)/b9-7+,12-10-,17-15+. The summed E-state index contributed by atoms with van der Waals surface area (Å²) in [5, 5.41) is 32.9. The highest BCUT2D eigenvalue weighted by atomic mass is 16.3. The van der Waals surface area contributed by atoms with Crippen molar-refractivity contribution in [1.82, 2.24) is 5.32 Å². The Balaban J connectivity index is 3.93. The SMILES string of the molecule is CCC/C=C/CC/C=C/CCCC(O)C(O)C(CO)NC(=O)CCCCCC/C=C\CCCC. The van der Waals surface area contributed by atoms with E-state index in [4.69, 9.17) is 0 Å². The fourth-order valence-corrected chi connectivity index (χ4v) is 3.69. The summed E-state index contributed by atoms with van der Waals surface area (Å²) in [6.07, 6.45) is 26.6. The van der Waals surface area contributed by atoms with Gasteiger partial charge in [0.05, 0.1) is 18.8 Å². The van der Waals surface area contributed by atoms with Gasteiger partial charge in [0.2, 0.25) is 5.91 Å². The van der Waals surface area contributed by atoms with Crippen LogP contribution in [0.4, 0.5) is 0 Å². The topological polar surface area (TPSA) is 89.8 Å². The van der Waals surface area contributed by atoms with E-state index in [1.807, 2.05) is 0 Å². The van der Waals surface area contributed by atoms with E-state index in [0.717, 1.165) is 70.6 Å². The van der Waals surface area contributed by atoms with E-state index >= 15 is 0 Å². The lowest BCUT2D eigenvalue weighted by molar-refractivity contribution is -0.124. The number of amides is 1. The van der Waals surface area contributed by atoms with E-state index in [0.29, 0.717) is 12.8 Å². The Hall–Kier alpha value is -1.43. The molecule has 0 saturated heterocycles. The first-order valence-electron chi connectivity index (χ1n) is 13.8. The lowest BCUT2D eigenvalue weighted by Gasteiger charge is -2.26. The summed E-state index contributed by atoms with van der Waals surface area (Å²) < 4.78 is 0. The van der Waals surface area contributed by atoms with Crippen molar-refractivity contribution in [3.8, 4) is 0 Å². The Morgan fingerprint density at radius 2 is 1.26 bits per heavy atom. The van der Waals surface area contributed by atoms with E-state index in [9.17, 15) is 20.1 Å². The molecule has 0 heterocycles. The molecule has 0 aliphatic carbocycles.